The number of hydrogen-bond acceptors (Lipinski definition) is 6. The first-order chi connectivity index (χ1) is 10.6. The van der Waals surface area contributed by atoms with Crippen molar-refractivity contribution in [1.82, 2.24) is 4.31 Å². The maximum atomic E-state index is 12.0. The van der Waals surface area contributed by atoms with Crippen LogP contribution >= 0.6 is 0 Å². The van der Waals surface area contributed by atoms with Gasteiger partial charge in [-0.2, -0.15) is 0 Å². The molecule has 2 rings (SSSR count). The van der Waals surface area contributed by atoms with E-state index in [1.54, 1.807) is 13.8 Å². The molecule has 0 aliphatic carbocycles. The van der Waals surface area contributed by atoms with Gasteiger partial charge in [0.2, 0.25) is 10.0 Å². The third-order valence-electron chi connectivity index (χ3n) is 3.34. The molecule has 0 N–H and O–H groups in total. The van der Waals surface area contributed by atoms with Gasteiger partial charge in [-0.3, -0.25) is 0 Å². The minimum atomic E-state index is -3.51. The van der Waals surface area contributed by atoms with E-state index in [0.717, 1.165) is 4.31 Å². The Morgan fingerprint density at radius 2 is 1.91 bits per heavy atom. The van der Waals surface area contributed by atoms with Crippen LogP contribution in [0.2, 0.25) is 0 Å². The molecule has 1 aromatic rings. The number of carbonyl (C=O) groups excluding carboxylic acids is 1. The summed E-state index contributed by atoms with van der Waals surface area (Å²) in [7, 11) is -0.619. The Bertz CT molecular complexity index is 666. The summed E-state index contributed by atoms with van der Waals surface area (Å²) in [5.74, 6) is -1.20. The lowest BCUT2D eigenvalue weighted by Gasteiger charge is -2.17. The second-order valence-electron chi connectivity index (χ2n) is 5.86. The van der Waals surface area contributed by atoms with Crippen LogP contribution < -0.4 is 0 Å². The number of benzene rings is 1. The Labute approximate surface area is 136 Å². The molecule has 1 saturated heterocycles. The average molecular weight is 343 g/mol. The highest BCUT2D eigenvalue weighted by Gasteiger charge is 2.33. The summed E-state index contributed by atoms with van der Waals surface area (Å²) >= 11 is 0. The van der Waals surface area contributed by atoms with E-state index < -0.39 is 21.8 Å². The zero-order valence-corrected chi connectivity index (χ0v) is 14.4. The number of nitrogens with zero attached hydrogens (tertiary/aromatic N) is 1. The molecule has 8 heteroatoms. The average Bonchev–Trinajstić information content (AvgIpc) is 2.84. The summed E-state index contributed by atoms with van der Waals surface area (Å²) in [5.41, 5.74) is 0.279. The Morgan fingerprint density at radius 1 is 1.30 bits per heavy atom. The molecular weight excluding hydrogens is 322 g/mol. The Balaban J connectivity index is 1.96. The number of sulfonamides is 1. The van der Waals surface area contributed by atoms with Crippen LogP contribution in [0, 0.1) is 0 Å². The molecule has 23 heavy (non-hydrogen) atoms. The first-order valence-electron chi connectivity index (χ1n) is 7.13. The number of carbonyl (C=O) groups is 1. The van der Waals surface area contributed by atoms with Gasteiger partial charge in [-0.1, -0.05) is 0 Å². The first-order valence-corrected chi connectivity index (χ1v) is 8.57. The van der Waals surface area contributed by atoms with Crippen molar-refractivity contribution < 1.29 is 27.4 Å². The van der Waals surface area contributed by atoms with Gasteiger partial charge >= 0.3 is 5.97 Å². The minimum absolute atomic E-state index is 0.0833. The van der Waals surface area contributed by atoms with Gasteiger partial charge in [-0.05, 0) is 38.1 Å². The van der Waals surface area contributed by atoms with E-state index in [0.29, 0.717) is 6.61 Å². The maximum Gasteiger partial charge on any atom is 0.338 e. The van der Waals surface area contributed by atoms with Gasteiger partial charge in [-0.15, -0.1) is 0 Å². The first kappa shape index (κ1) is 17.9. The van der Waals surface area contributed by atoms with Crippen LogP contribution in [0.3, 0.4) is 0 Å². The van der Waals surface area contributed by atoms with Gasteiger partial charge in [-0.25, -0.2) is 17.5 Å². The highest BCUT2D eigenvalue weighted by molar-refractivity contribution is 7.89. The van der Waals surface area contributed by atoms with Crippen molar-refractivity contribution in [3.8, 4) is 0 Å². The van der Waals surface area contributed by atoms with Crippen molar-refractivity contribution in [3.05, 3.63) is 29.8 Å². The zero-order chi connectivity index (χ0) is 17.3. The standard InChI is InChI=1S/C15H21NO6S/c1-15(2)21-10-12(22-15)9-20-14(17)11-5-7-13(8-6-11)23(18,19)16(3)4/h5-8,12H,9-10H2,1-4H3/t12-/m0/s1. The predicted molar refractivity (Wildman–Crippen MR) is 82.5 cm³/mol. The van der Waals surface area contributed by atoms with E-state index in [1.807, 2.05) is 0 Å². The third kappa shape index (κ3) is 4.29. The lowest BCUT2D eigenvalue weighted by molar-refractivity contribution is -0.142. The summed E-state index contributed by atoms with van der Waals surface area (Å²) < 4.78 is 41.1. The molecule has 0 bridgehead atoms. The summed E-state index contributed by atoms with van der Waals surface area (Å²) in [6.07, 6.45) is -0.303. The monoisotopic (exact) mass is 343 g/mol. The van der Waals surface area contributed by atoms with Crippen LogP contribution in [0.15, 0.2) is 29.2 Å². The minimum Gasteiger partial charge on any atom is -0.459 e. The molecule has 1 aliphatic rings. The number of ether oxygens (including phenoxy) is 3. The van der Waals surface area contributed by atoms with Crippen LogP contribution in [-0.2, 0) is 24.2 Å². The number of rotatable bonds is 5. The Hall–Kier alpha value is -1.48. The van der Waals surface area contributed by atoms with Crippen LogP contribution in [0.25, 0.3) is 0 Å². The van der Waals surface area contributed by atoms with Crippen LogP contribution in [0.5, 0.6) is 0 Å². The molecule has 0 amide bonds. The Kier molecular flexibility index (Phi) is 5.10. The van der Waals surface area contributed by atoms with Crippen molar-refractivity contribution in [1.29, 1.82) is 0 Å². The van der Waals surface area contributed by atoms with Gasteiger partial charge in [0.1, 0.15) is 12.7 Å². The van der Waals surface area contributed by atoms with E-state index in [1.165, 1.54) is 38.4 Å². The zero-order valence-electron chi connectivity index (χ0n) is 13.6. The molecule has 1 aliphatic heterocycles. The molecule has 1 heterocycles. The number of hydrogen-bond donors (Lipinski definition) is 0. The fourth-order valence-corrected chi connectivity index (χ4v) is 2.97. The summed E-state index contributed by atoms with van der Waals surface area (Å²) in [6.45, 7) is 4.03. The molecule has 1 aromatic carbocycles. The van der Waals surface area contributed by atoms with Gasteiger partial charge < -0.3 is 14.2 Å². The molecule has 0 radical (unpaired) electrons. The lowest BCUT2D eigenvalue weighted by atomic mass is 10.2. The van der Waals surface area contributed by atoms with Crippen LogP contribution in [0.4, 0.5) is 0 Å². The summed E-state index contributed by atoms with van der Waals surface area (Å²) in [5, 5.41) is 0. The predicted octanol–water partition coefficient (Wildman–Crippen LogP) is 1.25. The van der Waals surface area contributed by atoms with Gasteiger partial charge in [0.05, 0.1) is 17.1 Å². The highest BCUT2D eigenvalue weighted by Crippen LogP contribution is 2.22. The second-order valence-corrected chi connectivity index (χ2v) is 8.01. The fraction of sp³-hybridized carbons (Fsp3) is 0.533. The van der Waals surface area contributed by atoms with Crippen molar-refractivity contribution in [3.63, 3.8) is 0 Å². The summed E-state index contributed by atoms with van der Waals surface area (Å²) in [6, 6.07) is 5.61. The molecule has 128 valence electrons. The van der Waals surface area contributed by atoms with E-state index in [9.17, 15) is 13.2 Å². The quantitative estimate of drug-likeness (QED) is 0.748. The fourth-order valence-electron chi connectivity index (χ4n) is 2.07. The van der Waals surface area contributed by atoms with Crippen LogP contribution in [-0.4, -0.2) is 57.9 Å². The maximum absolute atomic E-state index is 12.0. The molecule has 0 aromatic heterocycles. The van der Waals surface area contributed by atoms with Gasteiger partial charge in [0.25, 0.3) is 0 Å². The lowest BCUT2D eigenvalue weighted by Crippen LogP contribution is -2.25. The molecule has 7 nitrogen and oxygen atoms in total. The SMILES string of the molecule is CN(C)S(=O)(=O)c1ccc(C(=O)OC[C@H]2COC(C)(C)O2)cc1. The third-order valence-corrected chi connectivity index (χ3v) is 5.17. The van der Waals surface area contributed by atoms with E-state index in [2.05, 4.69) is 0 Å². The van der Waals surface area contributed by atoms with Crippen molar-refractivity contribution >= 4 is 16.0 Å². The molecule has 0 unspecified atom stereocenters. The van der Waals surface area contributed by atoms with Crippen molar-refractivity contribution in [2.24, 2.45) is 0 Å². The van der Waals surface area contributed by atoms with Crippen molar-refractivity contribution in [2.75, 3.05) is 27.3 Å². The topological polar surface area (TPSA) is 82.1 Å². The van der Waals surface area contributed by atoms with Crippen LogP contribution in [0.1, 0.15) is 24.2 Å². The highest BCUT2D eigenvalue weighted by atomic mass is 32.2. The van der Waals surface area contributed by atoms with Gasteiger partial charge in [0.15, 0.2) is 5.79 Å². The Morgan fingerprint density at radius 3 is 2.39 bits per heavy atom. The van der Waals surface area contributed by atoms with E-state index in [4.69, 9.17) is 14.2 Å². The van der Waals surface area contributed by atoms with Gasteiger partial charge in [0, 0.05) is 14.1 Å². The molecule has 0 spiro atoms. The second kappa shape index (κ2) is 6.56. The molecule has 0 saturated carbocycles. The largest absolute Gasteiger partial charge is 0.459 e. The molecular formula is C15H21NO6S. The van der Waals surface area contributed by atoms with E-state index >= 15 is 0 Å². The molecule has 1 fully saturated rings. The normalized spacial score (nSPS) is 20.7. The smallest absolute Gasteiger partial charge is 0.338 e. The number of esters is 1. The summed E-state index contributed by atoms with van der Waals surface area (Å²) in [4.78, 5) is 12.1. The van der Waals surface area contributed by atoms with E-state index in [-0.39, 0.29) is 23.2 Å². The van der Waals surface area contributed by atoms with Crippen molar-refractivity contribution in [2.45, 2.75) is 30.6 Å². The molecule has 1 atom stereocenters.